The van der Waals surface area contributed by atoms with Crippen LogP contribution in [0.3, 0.4) is 0 Å². The van der Waals surface area contributed by atoms with Gasteiger partial charge in [0.25, 0.3) is 0 Å². The van der Waals surface area contributed by atoms with Crippen LogP contribution in [0.5, 0.6) is 5.75 Å². The minimum absolute atomic E-state index is 0.299. The largest absolute Gasteiger partial charge is 0.497 e. The topological polar surface area (TPSA) is 46.4 Å². The Bertz CT molecular complexity index is 704. The van der Waals surface area contributed by atoms with Crippen LogP contribution in [0.2, 0.25) is 0 Å². The predicted molar refractivity (Wildman–Crippen MR) is 108 cm³/mol. The molecule has 0 aliphatic carbocycles. The Hall–Kier alpha value is -1.92. The van der Waals surface area contributed by atoms with Crippen LogP contribution in [0, 0.1) is 0 Å². The number of benzene rings is 1. The molecule has 2 heterocycles. The zero-order chi connectivity index (χ0) is 19.2. The smallest absolute Gasteiger partial charge is 0.155 e. The van der Waals surface area contributed by atoms with Crippen LogP contribution in [-0.2, 0) is 13.0 Å². The first-order chi connectivity index (χ1) is 13.1. The van der Waals surface area contributed by atoms with Crippen molar-refractivity contribution in [1.29, 1.82) is 0 Å². The maximum Gasteiger partial charge on any atom is 0.155 e. The summed E-state index contributed by atoms with van der Waals surface area (Å²) in [5.41, 5.74) is 1.21. The third-order valence-corrected chi connectivity index (χ3v) is 5.45. The molecule has 6 nitrogen and oxygen atoms in total. The number of rotatable bonds is 8. The lowest BCUT2D eigenvalue weighted by atomic mass is 10.1. The lowest BCUT2D eigenvalue weighted by molar-refractivity contribution is 0.113. The van der Waals surface area contributed by atoms with Crippen LogP contribution in [0.1, 0.15) is 49.9 Å². The minimum Gasteiger partial charge on any atom is -0.497 e. The molecule has 0 amide bonds. The van der Waals surface area contributed by atoms with Gasteiger partial charge in [-0.2, -0.15) is 5.10 Å². The number of aryl methyl sites for hydroxylation is 1. The van der Waals surface area contributed by atoms with E-state index >= 15 is 0 Å². The number of hydrogen-bond donors (Lipinski definition) is 0. The van der Waals surface area contributed by atoms with E-state index in [9.17, 15) is 0 Å². The summed E-state index contributed by atoms with van der Waals surface area (Å²) in [5, 5.41) is 4.85. The number of hydrogen-bond acceptors (Lipinski definition) is 5. The van der Waals surface area contributed by atoms with Crippen molar-refractivity contribution in [2.24, 2.45) is 0 Å². The molecule has 148 valence electrons. The number of piperazine rings is 1. The van der Waals surface area contributed by atoms with Gasteiger partial charge < -0.3 is 9.64 Å². The Morgan fingerprint density at radius 1 is 1.11 bits per heavy atom. The fourth-order valence-corrected chi connectivity index (χ4v) is 3.56. The number of likely N-dealkylation sites (N-methyl/N-ethyl adjacent to an activating group) is 1. The molecule has 0 bridgehead atoms. The number of methoxy groups -OCH3 is 1. The van der Waals surface area contributed by atoms with Crippen molar-refractivity contribution in [3.8, 4) is 5.75 Å². The van der Waals surface area contributed by atoms with Crippen LogP contribution in [0.25, 0.3) is 0 Å². The Morgan fingerprint density at radius 3 is 2.44 bits per heavy atom. The molecule has 1 aromatic heterocycles. The summed E-state index contributed by atoms with van der Waals surface area (Å²) >= 11 is 0. The van der Waals surface area contributed by atoms with Gasteiger partial charge >= 0.3 is 0 Å². The first kappa shape index (κ1) is 19.8. The van der Waals surface area contributed by atoms with E-state index in [1.807, 2.05) is 12.1 Å². The van der Waals surface area contributed by atoms with Crippen molar-refractivity contribution in [2.75, 3.05) is 40.3 Å². The standard InChI is InChI=1S/C21H33N5O/c1-5-6-11-26-21(17(2)25-14-12-24(3)13-15-25)22-20(23-26)16-18-7-9-19(27-4)10-8-18/h7-10,17H,5-6,11-16H2,1-4H3/t17-/m0/s1. The third-order valence-electron chi connectivity index (χ3n) is 5.45. The SMILES string of the molecule is CCCCn1nc(Cc2ccc(OC)cc2)nc1[C@H](C)N1CCN(C)CC1. The first-order valence-electron chi connectivity index (χ1n) is 10.1. The summed E-state index contributed by atoms with van der Waals surface area (Å²) in [6.07, 6.45) is 3.05. The molecule has 1 aliphatic heterocycles. The molecule has 2 aromatic rings. The molecular formula is C21H33N5O. The van der Waals surface area contributed by atoms with E-state index in [2.05, 4.69) is 47.5 Å². The summed E-state index contributed by atoms with van der Waals surface area (Å²) in [6, 6.07) is 8.48. The van der Waals surface area contributed by atoms with Crippen molar-refractivity contribution < 1.29 is 4.74 Å². The van der Waals surface area contributed by atoms with Gasteiger partial charge in [-0.25, -0.2) is 9.67 Å². The van der Waals surface area contributed by atoms with Gasteiger partial charge in [0.2, 0.25) is 0 Å². The van der Waals surface area contributed by atoms with Crippen LogP contribution < -0.4 is 4.74 Å². The lowest BCUT2D eigenvalue weighted by Crippen LogP contribution is -2.45. The molecule has 1 aromatic carbocycles. The van der Waals surface area contributed by atoms with E-state index in [0.29, 0.717) is 6.04 Å². The summed E-state index contributed by atoms with van der Waals surface area (Å²) in [6.45, 7) is 9.85. The molecule has 0 N–H and O–H groups in total. The maximum absolute atomic E-state index is 5.25. The minimum atomic E-state index is 0.299. The molecule has 0 radical (unpaired) electrons. The van der Waals surface area contributed by atoms with Crippen molar-refractivity contribution in [2.45, 2.75) is 45.7 Å². The molecule has 0 saturated carbocycles. The monoisotopic (exact) mass is 371 g/mol. The fourth-order valence-electron chi connectivity index (χ4n) is 3.56. The molecule has 1 saturated heterocycles. The van der Waals surface area contributed by atoms with Gasteiger partial charge in [0, 0.05) is 39.1 Å². The highest BCUT2D eigenvalue weighted by molar-refractivity contribution is 5.28. The van der Waals surface area contributed by atoms with E-state index in [1.54, 1.807) is 7.11 Å². The summed E-state index contributed by atoms with van der Waals surface area (Å²) in [4.78, 5) is 9.88. The Kier molecular flexibility index (Phi) is 6.85. The maximum atomic E-state index is 5.25. The molecule has 6 heteroatoms. The molecule has 0 spiro atoms. The highest BCUT2D eigenvalue weighted by Crippen LogP contribution is 2.22. The summed E-state index contributed by atoms with van der Waals surface area (Å²) in [7, 11) is 3.89. The zero-order valence-corrected chi connectivity index (χ0v) is 17.2. The van der Waals surface area contributed by atoms with Crippen LogP contribution in [-0.4, -0.2) is 64.9 Å². The van der Waals surface area contributed by atoms with Gasteiger partial charge in [0.05, 0.1) is 13.2 Å². The number of unbranched alkanes of at least 4 members (excludes halogenated alkanes) is 1. The molecule has 1 aliphatic rings. The van der Waals surface area contributed by atoms with Gasteiger partial charge in [0.15, 0.2) is 5.82 Å². The van der Waals surface area contributed by atoms with Crippen LogP contribution in [0.4, 0.5) is 0 Å². The Labute approximate surface area is 163 Å². The molecule has 27 heavy (non-hydrogen) atoms. The zero-order valence-electron chi connectivity index (χ0n) is 17.2. The highest BCUT2D eigenvalue weighted by Gasteiger charge is 2.25. The van der Waals surface area contributed by atoms with E-state index < -0.39 is 0 Å². The van der Waals surface area contributed by atoms with Crippen molar-refractivity contribution in [3.63, 3.8) is 0 Å². The van der Waals surface area contributed by atoms with Crippen molar-refractivity contribution in [1.82, 2.24) is 24.6 Å². The van der Waals surface area contributed by atoms with E-state index in [1.165, 1.54) is 5.56 Å². The number of aromatic nitrogens is 3. The van der Waals surface area contributed by atoms with Gasteiger partial charge in [-0.05, 0) is 38.1 Å². The Balaban J connectivity index is 1.77. The van der Waals surface area contributed by atoms with Crippen molar-refractivity contribution >= 4 is 0 Å². The van der Waals surface area contributed by atoms with E-state index in [4.69, 9.17) is 14.8 Å². The molecule has 0 unspecified atom stereocenters. The quantitative estimate of drug-likeness (QED) is 0.714. The third kappa shape index (κ3) is 5.08. The molecular weight excluding hydrogens is 338 g/mol. The molecule has 1 fully saturated rings. The van der Waals surface area contributed by atoms with Crippen LogP contribution >= 0.6 is 0 Å². The normalized spacial score (nSPS) is 17.2. The summed E-state index contributed by atoms with van der Waals surface area (Å²) in [5.74, 6) is 2.90. The van der Waals surface area contributed by atoms with Gasteiger partial charge in [0.1, 0.15) is 11.6 Å². The van der Waals surface area contributed by atoms with Gasteiger partial charge in [-0.15, -0.1) is 0 Å². The fraction of sp³-hybridized carbons (Fsp3) is 0.619. The average molecular weight is 372 g/mol. The average Bonchev–Trinajstić information content (AvgIpc) is 3.09. The Morgan fingerprint density at radius 2 is 1.81 bits per heavy atom. The van der Waals surface area contributed by atoms with Gasteiger partial charge in [-0.1, -0.05) is 25.5 Å². The number of ether oxygens (including phenoxy) is 1. The second-order valence-corrected chi connectivity index (χ2v) is 7.50. The van der Waals surface area contributed by atoms with E-state index in [-0.39, 0.29) is 0 Å². The second-order valence-electron chi connectivity index (χ2n) is 7.50. The summed E-state index contributed by atoms with van der Waals surface area (Å²) < 4.78 is 7.39. The highest BCUT2D eigenvalue weighted by atomic mass is 16.5. The predicted octanol–water partition coefficient (Wildman–Crippen LogP) is 2.99. The second kappa shape index (κ2) is 9.33. The first-order valence-corrected chi connectivity index (χ1v) is 10.1. The number of nitrogens with zero attached hydrogens (tertiary/aromatic N) is 5. The van der Waals surface area contributed by atoms with Gasteiger partial charge in [-0.3, -0.25) is 4.90 Å². The van der Waals surface area contributed by atoms with Crippen molar-refractivity contribution in [3.05, 3.63) is 41.5 Å². The lowest BCUT2D eigenvalue weighted by Gasteiger charge is -2.36. The molecule has 1 atom stereocenters. The molecule has 3 rings (SSSR count). The van der Waals surface area contributed by atoms with E-state index in [0.717, 1.165) is 69.4 Å². The van der Waals surface area contributed by atoms with Crippen LogP contribution in [0.15, 0.2) is 24.3 Å².